The van der Waals surface area contributed by atoms with Gasteiger partial charge in [-0.05, 0) is 12.5 Å². The van der Waals surface area contributed by atoms with E-state index in [-0.39, 0.29) is 12.4 Å². The number of hydrazone groups is 1. The van der Waals surface area contributed by atoms with Crippen molar-refractivity contribution in [1.29, 1.82) is 0 Å². The Hall–Kier alpha value is -3.26. The fraction of sp³-hybridized carbons (Fsp3) is 0.480. The fourth-order valence-electron chi connectivity index (χ4n) is 4.56. The molecule has 39 heavy (non-hydrogen) atoms. The lowest BCUT2D eigenvalue weighted by Gasteiger charge is -2.42. The van der Waals surface area contributed by atoms with Gasteiger partial charge in [-0.1, -0.05) is 11.6 Å². The second-order valence-electron chi connectivity index (χ2n) is 9.54. The Morgan fingerprint density at radius 3 is 2.74 bits per heavy atom. The number of aromatic nitrogens is 4. The number of halogens is 3. The van der Waals surface area contributed by atoms with E-state index >= 15 is 0 Å². The Balaban J connectivity index is 1.36. The predicted octanol–water partition coefficient (Wildman–Crippen LogP) is 1.01. The highest BCUT2D eigenvalue weighted by Crippen LogP contribution is 2.30. The van der Waals surface area contributed by atoms with Gasteiger partial charge in [-0.3, -0.25) is 10.3 Å². The van der Waals surface area contributed by atoms with Gasteiger partial charge >= 0.3 is 0 Å². The van der Waals surface area contributed by atoms with E-state index < -0.39 is 24.1 Å². The average molecular weight is 564 g/mol. The van der Waals surface area contributed by atoms with Crippen LogP contribution in [0.1, 0.15) is 30.8 Å². The Kier molecular flexibility index (Phi) is 8.31. The van der Waals surface area contributed by atoms with Crippen LogP contribution in [0.4, 0.5) is 8.78 Å². The van der Waals surface area contributed by atoms with Crippen LogP contribution >= 0.6 is 11.6 Å². The molecule has 1 unspecified atom stereocenters. The molecule has 3 aromatic rings. The van der Waals surface area contributed by atoms with Crippen LogP contribution < -0.4 is 15.6 Å². The van der Waals surface area contributed by atoms with Gasteiger partial charge in [0, 0.05) is 38.9 Å². The quantitative estimate of drug-likeness (QED) is 0.277. The van der Waals surface area contributed by atoms with Gasteiger partial charge < -0.3 is 19.6 Å². The van der Waals surface area contributed by atoms with Crippen LogP contribution in [0, 0.1) is 5.82 Å². The predicted molar refractivity (Wildman–Crippen MR) is 139 cm³/mol. The number of ether oxygens (including phenoxy) is 3. The topological polar surface area (TPSA) is 124 Å². The van der Waals surface area contributed by atoms with E-state index in [0.717, 1.165) is 18.9 Å². The lowest BCUT2D eigenvalue weighted by atomic mass is 10.0. The number of methoxy groups -OCH3 is 1. The number of nitrogens with two attached hydrogens (primary N) is 1. The van der Waals surface area contributed by atoms with Crippen molar-refractivity contribution in [1.82, 2.24) is 29.9 Å². The molecule has 0 aromatic carbocycles. The summed E-state index contributed by atoms with van der Waals surface area (Å²) < 4.78 is 46.6. The molecule has 3 atom stereocenters. The maximum absolute atomic E-state index is 15.0. The van der Waals surface area contributed by atoms with Crippen molar-refractivity contribution in [2.75, 3.05) is 40.0 Å². The fourth-order valence-corrected chi connectivity index (χ4v) is 4.78. The third-order valence-corrected chi connectivity index (χ3v) is 7.11. The van der Waals surface area contributed by atoms with E-state index in [1.54, 1.807) is 23.7 Å². The number of fused-ring (bicyclic) bond motifs is 1. The van der Waals surface area contributed by atoms with Crippen LogP contribution in [0.15, 0.2) is 36.0 Å². The number of hydrogen-bond acceptors (Lipinski definition) is 9. The number of nitrogens with one attached hydrogen (secondary N) is 1. The summed E-state index contributed by atoms with van der Waals surface area (Å²) in [4.78, 5) is 10.1. The first kappa shape index (κ1) is 27.3. The van der Waals surface area contributed by atoms with Crippen LogP contribution in [-0.4, -0.2) is 94.2 Å². The maximum Gasteiger partial charge on any atom is 0.198 e. The lowest BCUT2D eigenvalue weighted by molar-refractivity contribution is -0.111. The summed E-state index contributed by atoms with van der Waals surface area (Å²) >= 11 is 6.40. The zero-order chi connectivity index (χ0) is 27.5. The molecule has 2 fully saturated rings. The Bertz CT molecular complexity index is 1350. The van der Waals surface area contributed by atoms with Crippen molar-refractivity contribution >= 4 is 28.5 Å². The number of nitrogens with zero attached hydrogens (tertiary/aromatic N) is 6. The van der Waals surface area contributed by atoms with Crippen LogP contribution in [0.2, 0.25) is 5.02 Å². The number of hydrogen-bond donors (Lipinski definition) is 2. The molecule has 0 amide bonds. The summed E-state index contributed by atoms with van der Waals surface area (Å²) in [5.74, 6) is 0.0915. The molecule has 11 nitrogen and oxygen atoms in total. The monoisotopic (exact) mass is 563 g/mol. The number of likely N-dealkylation sites (tertiary alicyclic amines) is 1. The number of pyridine rings is 1. The Morgan fingerprint density at radius 2 is 2.10 bits per heavy atom. The molecule has 0 radical (unpaired) electrons. The van der Waals surface area contributed by atoms with Crippen molar-refractivity contribution in [2.45, 2.75) is 37.7 Å². The first-order chi connectivity index (χ1) is 18.8. The smallest absolute Gasteiger partial charge is 0.198 e. The van der Waals surface area contributed by atoms with Gasteiger partial charge in [0.2, 0.25) is 0 Å². The highest BCUT2D eigenvalue weighted by molar-refractivity contribution is 6.45. The van der Waals surface area contributed by atoms with E-state index in [4.69, 9.17) is 31.2 Å². The van der Waals surface area contributed by atoms with Crippen molar-refractivity contribution in [3.8, 4) is 5.75 Å². The third-order valence-electron chi connectivity index (χ3n) is 6.83. The van der Waals surface area contributed by atoms with Crippen LogP contribution in [0.3, 0.4) is 0 Å². The molecule has 2 saturated heterocycles. The Labute approximate surface area is 228 Å². The van der Waals surface area contributed by atoms with Crippen LogP contribution in [0.25, 0.3) is 5.52 Å². The van der Waals surface area contributed by atoms with E-state index in [0.29, 0.717) is 65.5 Å². The summed E-state index contributed by atoms with van der Waals surface area (Å²) in [7, 11) is 1.48. The zero-order valence-electron chi connectivity index (χ0n) is 21.6. The summed E-state index contributed by atoms with van der Waals surface area (Å²) in [6.45, 7) is 4.11. The molecule has 0 aliphatic carbocycles. The van der Waals surface area contributed by atoms with Crippen molar-refractivity contribution < 1.29 is 28.4 Å². The van der Waals surface area contributed by atoms with Crippen molar-refractivity contribution in [2.24, 2.45) is 5.10 Å². The van der Waals surface area contributed by atoms with Gasteiger partial charge in [0.1, 0.15) is 24.0 Å². The van der Waals surface area contributed by atoms with Gasteiger partial charge in [0.15, 0.2) is 29.2 Å². The molecule has 3 aromatic heterocycles. The SMILES string of the molecule is CO[C@H](COc1cc(/C(=N/NC2CCN(C3COC3)C[C@@H]2F)C(C)=[NH2+])cn2ncc(Cl)c12)c1ncc(F)cn1. The first-order valence-electron chi connectivity index (χ1n) is 12.5. The second-order valence-corrected chi connectivity index (χ2v) is 9.95. The van der Waals surface area contributed by atoms with Crippen LogP contribution in [0.5, 0.6) is 5.75 Å². The lowest BCUT2D eigenvalue weighted by Crippen LogP contribution is -2.58. The zero-order valence-corrected chi connectivity index (χ0v) is 22.3. The summed E-state index contributed by atoms with van der Waals surface area (Å²) in [6.07, 6.45) is 4.17. The maximum atomic E-state index is 15.0. The standard InChI is InChI=1S/C25H29ClF2N8O3/c1-14(29)23(34-33-20-3-4-35(10-19(20)28)17-11-38-12-17)15-5-21(24-18(26)8-32-36(24)9-15)39-13-22(37-2)25-30-6-16(27)7-31-25/h5-9,17,19-20,22,29,33H,3-4,10-13H2,1-2H3/p+1/b29-14?,34-23+/t19-,20?,22+/m0/s1. The highest BCUT2D eigenvalue weighted by atomic mass is 35.5. The number of rotatable bonds is 10. The van der Waals surface area contributed by atoms with E-state index in [2.05, 4.69) is 30.5 Å². The first-order valence-corrected chi connectivity index (χ1v) is 12.9. The van der Waals surface area contributed by atoms with Gasteiger partial charge in [0.05, 0.1) is 48.9 Å². The minimum Gasteiger partial charge on any atom is -0.488 e. The van der Waals surface area contributed by atoms with E-state index in [1.165, 1.54) is 13.3 Å². The minimum atomic E-state index is -1.09. The van der Waals surface area contributed by atoms with Gasteiger partial charge in [-0.15, -0.1) is 0 Å². The third kappa shape index (κ3) is 6.01. The molecule has 0 bridgehead atoms. The second kappa shape index (κ2) is 11.9. The molecule has 0 saturated carbocycles. The molecule has 3 N–H and O–H groups in total. The molecule has 208 valence electrons. The molecular formula is C25H30ClF2N8O3+. The highest BCUT2D eigenvalue weighted by Gasteiger charge is 2.35. The molecule has 14 heteroatoms. The van der Waals surface area contributed by atoms with E-state index in [9.17, 15) is 8.78 Å². The Morgan fingerprint density at radius 1 is 1.33 bits per heavy atom. The van der Waals surface area contributed by atoms with Crippen molar-refractivity contribution in [3.05, 3.63) is 53.1 Å². The summed E-state index contributed by atoms with van der Waals surface area (Å²) in [5.41, 5.74) is 4.93. The largest absolute Gasteiger partial charge is 0.488 e. The molecular weight excluding hydrogens is 534 g/mol. The summed E-state index contributed by atoms with van der Waals surface area (Å²) in [5, 5.41) is 15.4. The van der Waals surface area contributed by atoms with Crippen molar-refractivity contribution in [3.63, 3.8) is 0 Å². The van der Waals surface area contributed by atoms with E-state index in [1.807, 2.05) is 0 Å². The van der Waals surface area contributed by atoms with Gasteiger partial charge in [-0.2, -0.15) is 10.2 Å². The molecule has 2 aliphatic rings. The minimum absolute atomic E-state index is 0.00689. The molecule has 5 rings (SSSR count). The summed E-state index contributed by atoms with van der Waals surface area (Å²) in [6, 6.07) is 1.57. The van der Waals surface area contributed by atoms with Gasteiger partial charge in [-0.25, -0.2) is 23.3 Å². The normalized spacial score (nSPS) is 21.5. The molecule has 0 spiro atoms. The number of piperidine rings is 1. The van der Waals surface area contributed by atoms with Gasteiger partial charge in [0.25, 0.3) is 0 Å². The average Bonchev–Trinajstić information content (AvgIpc) is 3.26. The van der Waals surface area contributed by atoms with Crippen LogP contribution in [-0.2, 0) is 9.47 Å². The number of alkyl halides is 1. The molecule has 2 aliphatic heterocycles. The molecule has 5 heterocycles.